The molecule has 0 bridgehead atoms. The normalized spacial score (nSPS) is 11.7. The van der Waals surface area contributed by atoms with Gasteiger partial charge < -0.3 is 0 Å². The van der Waals surface area contributed by atoms with Crippen molar-refractivity contribution in [3.05, 3.63) is 236 Å². The Morgan fingerprint density at radius 1 is 0.256 bits per heavy atom. The minimum absolute atomic E-state index is 0.0716. The summed E-state index contributed by atoms with van der Waals surface area (Å²) < 4.78 is 362. The van der Waals surface area contributed by atoms with E-state index in [1.54, 1.807) is 0 Å². The van der Waals surface area contributed by atoms with E-state index in [2.05, 4.69) is 13.2 Å². The Bertz CT molecular complexity index is 3580. The Labute approximate surface area is 422 Å². The number of hydrogen-bond donors (Lipinski definition) is 0. The van der Waals surface area contributed by atoms with E-state index in [1.807, 2.05) is 0 Å². The fourth-order valence-corrected chi connectivity index (χ4v) is 9.27. The summed E-state index contributed by atoms with van der Waals surface area (Å²) in [5, 5.41) is 0. The number of benzene rings is 8. The quantitative estimate of drug-likeness (QED) is 0.0495. The summed E-state index contributed by atoms with van der Waals surface area (Å²) >= 11 is 0. The van der Waals surface area contributed by atoms with Gasteiger partial charge in [0.15, 0.2) is 98.9 Å². The molecule has 0 amide bonds. The van der Waals surface area contributed by atoms with Crippen molar-refractivity contribution in [1.29, 1.82) is 0 Å². The van der Waals surface area contributed by atoms with Gasteiger partial charge in [-0.15, -0.1) is 23.6 Å². The first-order valence-electron chi connectivity index (χ1n) is 21.7. The molecule has 0 N–H and O–H groups in total. The van der Waals surface area contributed by atoms with Crippen LogP contribution in [0.15, 0.2) is 79.9 Å². The second-order valence-corrected chi connectivity index (χ2v) is 17.2. The average Bonchev–Trinajstić information content (AvgIpc) is 3.53. The van der Waals surface area contributed by atoms with Crippen LogP contribution in [0.5, 0.6) is 0 Å². The van der Waals surface area contributed by atoms with Gasteiger partial charge in [0.05, 0.1) is 22.8 Å². The zero-order valence-electron chi connectivity index (χ0n) is 38.1. The highest BCUT2D eigenvalue weighted by Gasteiger charge is 2.47. The predicted octanol–water partition coefficient (Wildman–Crippen LogP) is 16.0. The van der Waals surface area contributed by atoms with Crippen LogP contribution in [-0.4, -0.2) is 6.15 Å². The molecule has 0 spiro atoms. The zero-order chi connectivity index (χ0) is 57.5. The van der Waals surface area contributed by atoms with Gasteiger partial charge in [0.1, 0.15) is 23.3 Å². The molecule has 0 fully saturated rings. The molecule has 0 aliphatic heterocycles. The third kappa shape index (κ3) is 8.73. The van der Waals surface area contributed by atoms with Crippen LogP contribution in [0, 0.1) is 134 Å². The van der Waals surface area contributed by atoms with Gasteiger partial charge in [-0.25, -0.2) is 101 Å². The van der Waals surface area contributed by atoms with Crippen molar-refractivity contribution in [1.82, 2.24) is 0 Å². The summed E-state index contributed by atoms with van der Waals surface area (Å²) in [5.74, 6) is -74.5. The first-order valence-corrected chi connectivity index (χ1v) is 21.7. The fourth-order valence-electron chi connectivity index (χ4n) is 9.27. The summed E-state index contributed by atoms with van der Waals surface area (Å²) in [4.78, 5) is 0. The van der Waals surface area contributed by atoms with Crippen molar-refractivity contribution in [2.24, 2.45) is 0 Å². The second kappa shape index (κ2) is 20.6. The van der Waals surface area contributed by atoms with Crippen LogP contribution in [0.2, 0.25) is 0 Å². The van der Waals surface area contributed by atoms with E-state index in [1.165, 1.54) is 66.7 Å². The summed E-state index contributed by atoms with van der Waals surface area (Å²) in [5.41, 5.74) is -18.2. The molecule has 402 valence electrons. The van der Waals surface area contributed by atoms with E-state index < -0.39 is 197 Å². The second-order valence-electron chi connectivity index (χ2n) is 17.2. The maximum Gasteiger partial charge on any atom is 0.200 e. The highest BCUT2D eigenvalue weighted by molar-refractivity contribution is 7.01. The molecule has 8 aromatic rings. The Hall–Kier alpha value is -8.31. The SMILES string of the molecule is C=Cc1ccc(-c2cc(-c3ccc(C=C)cc3)cc(-c3c(F)c(F)c(-c4c(F)c(F)c([B-](Cc5c(F)c(F)c(F)c(F)c5F)(Cc5c(F)c(F)c(F)c(F)c5F)c5c(F)c(F)c(F)c(F)c5F)c(F)c4F)c(F)c3F)c2)cc1. The molecule has 24 heteroatoms. The summed E-state index contributed by atoms with van der Waals surface area (Å²) in [6.07, 6.45) is -9.74. The number of rotatable bonds is 12. The molecule has 78 heavy (non-hydrogen) atoms. The fraction of sp³-hybridized carbons (Fsp3) is 0.0370. The van der Waals surface area contributed by atoms with E-state index in [0.29, 0.717) is 11.1 Å². The largest absolute Gasteiger partial charge is 0.207 e. The number of halogens is 23. The Kier molecular flexibility index (Phi) is 14.7. The van der Waals surface area contributed by atoms with Crippen LogP contribution in [0.3, 0.4) is 0 Å². The predicted molar refractivity (Wildman–Crippen MR) is 239 cm³/mol. The lowest BCUT2D eigenvalue weighted by Crippen LogP contribution is -2.68. The lowest BCUT2D eigenvalue weighted by Gasteiger charge is -2.43. The van der Waals surface area contributed by atoms with Crippen LogP contribution >= 0.6 is 0 Å². The molecule has 0 nitrogen and oxygen atoms in total. The maximum absolute atomic E-state index is 17.2. The molecule has 0 unspecified atom stereocenters. The standard InChI is InChI=1S/C54H21BF23/c1-3-18-5-9-20(10-6-18)22-13-23(21-11-7-19(4-2)8-12-21)15-24(14-22)27-36(60)38(62)28(39(63)37(27)61)29-40(64)42(66)30(43(67)41(29)65)55(31-44(68)50(74)54(78)51(75)45(31)69,16-25-32(56)46(70)52(76)47(71)33(25)57)17-26-34(58)48(72)53(77)49(73)35(26)59/h3-15H,1-2,16-17H2/q-1. The van der Waals surface area contributed by atoms with Crippen LogP contribution in [0.25, 0.3) is 56.7 Å². The van der Waals surface area contributed by atoms with Crippen molar-refractivity contribution < 1.29 is 101 Å². The minimum atomic E-state index is -6.38. The van der Waals surface area contributed by atoms with Gasteiger partial charge in [0, 0.05) is 0 Å². The molecule has 0 atom stereocenters. The van der Waals surface area contributed by atoms with E-state index in [4.69, 9.17) is 0 Å². The van der Waals surface area contributed by atoms with Crippen molar-refractivity contribution in [2.45, 2.75) is 12.6 Å². The smallest absolute Gasteiger partial charge is 0.200 e. The number of hydrogen-bond acceptors (Lipinski definition) is 0. The van der Waals surface area contributed by atoms with Crippen molar-refractivity contribution in [2.75, 3.05) is 0 Å². The third-order valence-electron chi connectivity index (χ3n) is 13.0. The van der Waals surface area contributed by atoms with Crippen LogP contribution in [0.1, 0.15) is 22.3 Å². The molecule has 8 aromatic carbocycles. The van der Waals surface area contributed by atoms with Crippen LogP contribution in [-0.2, 0) is 12.6 Å². The molecule has 0 radical (unpaired) electrons. The van der Waals surface area contributed by atoms with Crippen molar-refractivity contribution in [3.63, 3.8) is 0 Å². The lowest BCUT2D eigenvalue weighted by molar-refractivity contribution is 0.370. The molecule has 0 aliphatic carbocycles. The monoisotopic (exact) mass is 1120 g/mol. The van der Waals surface area contributed by atoms with Gasteiger partial charge in [-0.1, -0.05) is 73.8 Å². The highest BCUT2D eigenvalue weighted by Crippen LogP contribution is 2.43. The van der Waals surface area contributed by atoms with Gasteiger partial charge in [-0.05, 0) is 68.3 Å². The molecule has 0 saturated heterocycles. The van der Waals surface area contributed by atoms with Gasteiger partial charge in [-0.3, -0.25) is 0 Å². The molecule has 0 aliphatic rings. The van der Waals surface area contributed by atoms with E-state index in [-0.39, 0.29) is 22.3 Å². The van der Waals surface area contributed by atoms with Gasteiger partial charge in [0.2, 0.25) is 11.6 Å². The van der Waals surface area contributed by atoms with Gasteiger partial charge in [-0.2, -0.15) is 0 Å². The van der Waals surface area contributed by atoms with Gasteiger partial charge in [0.25, 0.3) is 0 Å². The maximum atomic E-state index is 17.2. The van der Waals surface area contributed by atoms with E-state index in [9.17, 15) is 30.7 Å². The summed E-state index contributed by atoms with van der Waals surface area (Å²) in [6.45, 7) is 7.22. The molecular formula is C54H21BF23-. The third-order valence-corrected chi connectivity index (χ3v) is 13.0. The van der Waals surface area contributed by atoms with Gasteiger partial charge >= 0.3 is 0 Å². The Morgan fingerprint density at radius 2 is 0.487 bits per heavy atom. The first kappa shape index (κ1) is 55.9. The minimum Gasteiger partial charge on any atom is -0.207 e. The Balaban J connectivity index is 1.47. The zero-order valence-corrected chi connectivity index (χ0v) is 38.1. The van der Waals surface area contributed by atoms with Crippen LogP contribution in [0.4, 0.5) is 101 Å². The van der Waals surface area contributed by atoms with E-state index >= 15 is 70.2 Å². The molecular weight excluding hydrogens is 1100 g/mol. The summed E-state index contributed by atoms with van der Waals surface area (Å²) in [7, 11) is 0. The lowest BCUT2D eigenvalue weighted by atomic mass is 9.14. The Morgan fingerprint density at radius 3 is 0.782 bits per heavy atom. The molecule has 8 rings (SSSR count). The molecule has 0 saturated carbocycles. The van der Waals surface area contributed by atoms with Crippen molar-refractivity contribution in [3.8, 4) is 44.5 Å². The average molecular weight is 1120 g/mol. The topological polar surface area (TPSA) is 0 Å². The highest BCUT2D eigenvalue weighted by atomic mass is 19.2. The summed E-state index contributed by atoms with van der Waals surface area (Å²) in [6, 6.07) is 15.4. The first-order chi connectivity index (χ1) is 36.7. The van der Waals surface area contributed by atoms with Crippen molar-refractivity contribution >= 4 is 29.2 Å². The van der Waals surface area contributed by atoms with E-state index in [0.717, 1.165) is 12.1 Å². The molecule has 0 aromatic heterocycles. The van der Waals surface area contributed by atoms with Crippen LogP contribution < -0.4 is 10.9 Å². The molecule has 0 heterocycles.